The number of carbonyl (C=O) groups excluding carboxylic acids is 1. The zero-order valence-corrected chi connectivity index (χ0v) is 7.22. The minimum Gasteiger partial charge on any atom is -0.394 e. The Labute approximate surface area is 67.0 Å². The summed E-state index contributed by atoms with van der Waals surface area (Å²) in [7, 11) is 1.72. The van der Waals surface area contributed by atoms with Gasteiger partial charge in [-0.15, -0.1) is 0 Å². The van der Waals surface area contributed by atoms with Crippen LogP contribution in [0.1, 0.15) is 13.8 Å². The van der Waals surface area contributed by atoms with Gasteiger partial charge < -0.3 is 15.7 Å². The largest absolute Gasteiger partial charge is 0.394 e. The van der Waals surface area contributed by atoms with Gasteiger partial charge >= 0.3 is 0 Å². The van der Waals surface area contributed by atoms with Crippen LogP contribution in [0.3, 0.4) is 0 Å². The van der Waals surface area contributed by atoms with E-state index in [2.05, 4.69) is 10.6 Å². The zero-order chi connectivity index (χ0) is 8.85. The van der Waals surface area contributed by atoms with Crippen molar-refractivity contribution in [2.75, 3.05) is 13.7 Å². The molecule has 0 radical (unpaired) electrons. The summed E-state index contributed by atoms with van der Waals surface area (Å²) >= 11 is 0. The highest BCUT2D eigenvalue weighted by molar-refractivity contribution is 5.81. The Balaban J connectivity index is 3.68. The van der Waals surface area contributed by atoms with Gasteiger partial charge in [0.15, 0.2) is 0 Å². The molecule has 66 valence electrons. The Bertz CT molecular complexity index is 128. The second-order valence-corrected chi connectivity index (χ2v) is 2.60. The molecule has 0 aromatic heterocycles. The first-order chi connectivity index (χ1) is 5.11. The topological polar surface area (TPSA) is 61.4 Å². The van der Waals surface area contributed by atoms with Gasteiger partial charge in [0.05, 0.1) is 12.6 Å². The van der Waals surface area contributed by atoms with Crippen molar-refractivity contribution in [3.63, 3.8) is 0 Å². The summed E-state index contributed by atoms with van der Waals surface area (Å²) in [4.78, 5) is 11.1. The van der Waals surface area contributed by atoms with Crippen LogP contribution in [0, 0.1) is 0 Å². The van der Waals surface area contributed by atoms with Crippen LogP contribution < -0.4 is 10.6 Å². The molecule has 0 spiro atoms. The second-order valence-electron chi connectivity index (χ2n) is 2.60. The molecule has 4 nitrogen and oxygen atoms in total. The molecule has 0 aliphatic rings. The minimum atomic E-state index is -0.205. The molecule has 0 aliphatic carbocycles. The lowest BCUT2D eigenvalue weighted by atomic mass is 10.3. The average molecular weight is 160 g/mol. The van der Waals surface area contributed by atoms with Gasteiger partial charge in [-0.3, -0.25) is 4.79 Å². The maximum Gasteiger partial charge on any atom is 0.237 e. The normalized spacial score (nSPS) is 15.6. The van der Waals surface area contributed by atoms with E-state index in [9.17, 15) is 4.79 Å². The van der Waals surface area contributed by atoms with Crippen molar-refractivity contribution in [3.8, 4) is 0 Å². The molecule has 0 rings (SSSR count). The van der Waals surface area contributed by atoms with Gasteiger partial charge in [-0.1, -0.05) is 0 Å². The van der Waals surface area contributed by atoms with E-state index in [0.29, 0.717) is 0 Å². The molecule has 0 aliphatic heterocycles. The Kier molecular flexibility index (Phi) is 4.81. The number of likely N-dealkylation sites (N-methyl/N-ethyl adjacent to an activating group) is 1. The van der Waals surface area contributed by atoms with Crippen LogP contribution >= 0.6 is 0 Å². The van der Waals surface area contributed by atoms with Crippen molar-refractivity contribution < 1.29 is 9.90 Å². The lowest BCUT2D eigenvalue weighted by molar-refractivity contribution is -0.123. The molecule has 2 atom stereocenters. The Morgan fingerprint density at radius 1 is 1.55 bits per heavy atom. The number of amides is 1. The summed E-state index contributed by atoms with van der Waals surface area (Å²) in [5, 5.41) is 14.0. The van der Waals surface area contributed by atoms with Crippen LogP contribution in [0.4, 0.5) is 0 Å². The number of aliphatic hydroxyl groups excluding tert-OH is 1. The predicted molar refractivity (Wildman–Crippen MR) is 43.2 cm³/mol. The molecule has 4 heteroatoms. The van der Waals surface area contributed by atoms with E-state index in [1.807, 2.05) is 0 Å². The van der Waals surface area contributed by atoms with Gasteiger partial charge in [0.2, 0.25) is 5.91 Å². The third-order valence-electron chi connectivity index (χ3n) is 1.49. The molecule has 0 heterocycles. The highest BCUT2D eigenvalue weighted by Gasteiger charge is 2.11. The summed E-state index contributed by atoms with van der Waals surface area (Å²) in [5.41, 5.74) is 0. The van der Waals surface area contributed by atoms with Crippen molar-refractivity contribution in [1.82, 2.24) is 10.6 Å². The number of aliphatic hydroxyl groups is 1. The van der Waals surface area contributed by atoms with Gasteiger partial charge in [0, 0.05) is 6.04 Å². The van der Waals surface area contributed by atoms with Crippen molar-refractivity contribution in [2.24, 2.45) is 0 Å². The molecule has 0 aromatic carbocycles. The first-order valence-electron chi connectivity index (χ1n) is 3.70. The first kappa shape index (κ1) is 10.4. The van der Waals surface area contributed by atoms with Crippen molar-refractivity contribution in [2.45, 2.75) is 25.9 Å². The lowest BCUT2D eigenvalue weighted by Crippen LogP contribution is -2.45. The smallest absolute Gasteiger partial charge is 0.237 e. The fourth-order valence-electron chi connectivity index (χ4n) is 0.545. The average Bonchev–Trinajstić information content (AvgIpc) is 2.02. The molecule has 0 bridgehead atoms. The molecule has 0 unspecified atom stereocenters. The number of hydrogen-bond acceptors (Lipinski definition) is 3. The predicted octanol–water partition coefficient (Wildman–Crippen LogP) is -0.909. The van der Waals surface area contributed by atoms with E-state index < -0.39 is 0 Å². The van der Waals surface area contributed by atoms with Crippen LogP contribution in [0.5, 0.6) is 0 Å². The molecule has 0 fully saturated rings. The van der Waals surface area contributed by atoms with Crippen molar-refractivity contribution >= 4 is 5.91 Å². The summed E-state index contributed by atoms with van der Waals surface area (Å²) in [5.74, 6) is -0.0888. The van der Waals surface area contributed by atoms with Gasteiger partial charge in [0.25, 0.3) is 0 Å². The number of rotatable bonds is 4. The number of hydrogen-bond donors (Lipinski definition) is 3. The molecule has 3 N–H and O–H groups in total. The SMILES string of the molecule is CN[C@@H](C)C(=O)N[C@H](C)CO. The van der Waals surface area contributed by atoms with Crippen LogP contribution in [0.2, 0.25) is 0 Å². The van der Waals surface area contributed by atoms with Crippen LogP contribution in [0.25, 0.3) is 0 Å². The summed E-state index contributed by atoms with van der Waals surface area (Å²) in [6, 6.07) is -0.373. The fraction of sp³-hybridized carbons (Fsp3) is 0.857. The Morgan fingerprint density at radius 2 is 2.09 bits per heavy atom. The van der Waals surface area contributed by atoms with Crippen LogP contribution in [-0.2, 0) is 4.79 Å². The summed E-state index contributed by atoms with van der Waals surface area (Å²) in [6.45, 7) is 3.49. The van der Waals surface area contributed by atoms with Crippen molar-refractivity contribution in [1.29, 1.82) is 0 Å². The fourth-order valence-corrected chi connectivity index (χ4v) is 0.545. The highest BCUT2D eigenvalue weighted by Crippen LogP contribution is 1.83. The van der Waals surface area contributed by atoms with Gasteiger partial charge in [-0.2, -0.15) is 0 Å². The van der Waals surface area contributed by atoms with Gasteiger partial charge in [-0.05, 0) is 20.9 Å². The molecule has 0 aromatic rings. The maximum atomic E-state index is 11.1. The molecular weight excluding hydrogens is 144 g/mol. The van der Waals surface area contributed by atoms with Crippen LogP contribution in [-0.4, -0.2) is 36.8 Å². The molecule has 1 amide bonds. The number of nitrogens with one attached hydrogen (secondary N) is 2. The first-order valence-corrected chi connectivity index (χ1v) is 3.70. The third-order valence-corrected chi connectivity index (χ3v) is 1.49. The number of carbonyl (C=O) groups is 1. The van der Waals surface area contributed by atoms with E-state index in [1.54, 1.807) is 20.9 Å². The van der Waals surface area contributed by atoms with E-state index >= 15 is 0 Å². The van der Waals surface area contributed by atoms with Gasteiger partial charge in [-0.25, -0.2) is 0 Å². The minimum absolute atomic E-state index is 0.0256. The van der Waals surface area contributed by atoms with E-state index in [1.165, 1.54) is 0 Å². The maximum absolute atomic E-state index is 11.1. The van der Waals surface area contributed by atoms with Crippen molar-refractivity contribution in [3.05, 3.63) is 0 Å². The quantitative estimate of drug-likeness (QED) is 0.499. The summed E-state index contributed by atoms with van der Waals surface area (Å²) in [6.07, 6.45) is 0. The molecule has 11 heavy (non-hydrogen) atoms. The molecule has 0 saturated heterocycles. The Morgan fingerprint density at radius 3 is 2.45 bits per heavy atom. The zero-order valence-electron chi connectivity index (χ0n) is 7.22. The van der Waals surface area contributed by atoms with E-state index in [-0.39, 0.29) is 24.6 Å². The lowest BCUT2D eigenvalue weighted by Gasteiger charge is -2.14. The van der Waals surface area contributed by atoms with E-state index in [0.717, 1.165) is 0 Å². The third kappa shape index (κ3) is 3.95. The summed E-state index contributed by atoms with van der Waals surface area (Å²) < 4.78 is 0. The molecular formula is C7H16N2O2. The van der Waals surface area contributed by atoms with E-state index in [4.69, 9.17) is 5.11 Å². The Hall–Kier alpha value is -0.610. The highest BCUT2D eigenvalue weighted by atomic mass is 16.3. The molecule has 0 saturated carbocycles. The van der Waals surface area contributed by atoms with Crippen LogP contribution in [0.15, 0.2) is 0 Å². The van der Waals surface area contributed by atoms with Gasteiger partial charge in [0.1, 0.15) is 0 Å². The monoisotopic (exact) mass is 160 g/mol. The standard InChI is InChI=1S/C7H16N2O2/c1-5(4-10)9-7(11)6(2)8-3/h5-6,8,10H,4H2,1-3H3,(H,9,11)/t5-,6+/m1/s1. The second kappa shape index (κ2) is 5.09.